The Hall–Kier alpha value is -0.260. The van der Waals surface area contributed by atoms with E-state index < -0.39 is 0 Å². The van der Waals surface area contributed by atoms with Gasteiger partial charge >= 0.3 is 0 Å². The van der Waals surface area contributed by atoms with Crippen molar-refractivity contribution in [3.05, 3.63) is 0 Å². The number of amides is 1. The van der Waals surface area contributed by atoms with Gasteiger partial charge in [0.25, 0.3) is 0 Å². The minimum Gasteiger partial charge on any atom is -0.383 e. The number of thioether (sulfide) groups is 1. The fourth-order valence-corrected chi connectivity index (χ4v) is 3.95. The van der Waals surface area contributed by atoms with E-state index in [4.69, 9.17) is 4.74 Å². The number of rotatable bonds is 5. The smallest absolute Gasteiger partial charge is 0.227 e. The Balaban J connectivity index is 1.94. The number of hydrogen-bond donors (Lipinski definition) is 1. The Kier molecular flexibility index (Phi) is 5.79. The Labute approximate surface area is 114 Å². The molecule has 1 amide bonds. The topological polar surface area (TPSA) is 41.6 Å². The standard InChI is InChI=1S/C13H24N2O2S/c1-17-7-6-15(12-4-8-18-10-12)13(16)11-3-2-5-14-9-11/h11-12,14H,2-10H2,1H3. The van der Waals surface area contributed by atoms with Crippen LogP contribution >= 0.6 is 11.8 Å². The van der Waals surface area contributed by atoms with Crippen LogP contribution in [0, 0.1) is 5.92 Å². The third-order valence-corrected chi connectivity index (χ3v) is 4.96. The molecule has 0 saturated carbocycles. The number of piperidine rings is 1. The molecular formula is C13H24N2O2S. The first-order valence-electron chi connectivity index (χ1n) is 6.91. The highest BCUT2D eigenvalue weighted by atomic mass is 32.2. The van der Waals surface area contributed by atoms with Crippen LogP contribution in [0.1, 0.15) is 19.3 Å². The first-order valence-corrected chi connectivity index (χ1v) is 8.06. The summed E-state index contributed by atoms with van der Waals surface area (Å²) in [5.74, 6) is 2.80. The van der Waals surface area contributed by atoms with Gasteiger partial charge in [0.15, 0.2) is 0 Å². The maximum absolute atomic E-state index is 12.6. The summed E-state index contributed by atoms with van der Waals surface area (Å²) < 4.78 is 5.15. The second-order valence-corrected chi connectivity index (χ2v) is 6.23. The highest BCUT2D eigenvalue weighted by Crippen LogP contribution is 2.25. The van der Waals surface area contributed by atoms with Crippen molar-refractivity contribution in [3.8, 4) is 0 Å². The molecule has 0 aliphatic carbocycles. The van der Waals surface area contributed by atoms with Gasteiger partial charge in [0.2, 0.25) is 5.91 Å². The lowest BCUT2D eigenvalue weighted by molar-refractivity contribution is -0.138. The lowest BCUT2D eigenvalue weighted by Gasteiger charge is -2.33. The molecule has 2 unspecified atom stereocenters. The number of nitrogens with one attached hydrogen (secondary N) is 1. The summed E-state index contributed by atoms with van der Waals surface area (Å²) in [6.07, 6.45) is 3.30. The summed E-state index contributed by atoms with van der Waals surface area (Å²) in [5, 5.41) is 3.33. The van der Waals surface area contributed by atoms with Gasteiger partial charge < -0.3 is 15.0 Å². The number of carbonyl (C=O) groups is 1. The zero-order chi connectivity index (χ0) is 12.8. The van der Waals surface area contributed by atoms with Crippen molar-refractivity contribution in [3.63, 3.8) is 0 Å². The van der Waals surface area contributed by atoms with Gasteiger partial charge in [-0.3, -0.25) is 4.79 Å². The summed E-state index contributed by atoms with van der Waals surface area (Å²) in [5.41, 5.74) is 0. The maximum atomic E-state index is 12.6. The summed E-state index contributed by atoms with van der Waals surface area (Å²) in [6, 6.07) is 0.430. The Bertz CT molecular complexity index is 264. The summed E-state index contributed by atoms with van der Waals surface area (Å²) in [7, 11) is 1.70. The molecule has 2 heterocycles. The number of methoxy groups -OCH3 is 1. The lowest BCUT2D eigenvalue weighted by Crippen LogP contribution is -2.48. The van der Waals surface area contributed by atoms with Crippen LogP contribution in [0.3, 0.4) is 0 Å². The van der Waals surface area contributed by atoms with E-state index in [9.17, 15) is 4.79 Å². The first-order chi connectivity index (χ1) is 8.83. The van der Waals surface area contributed by atoms with Crippen molar-refractivity contribution in [2.75, 3.05) is 44.9 Å². The van der Waals surface area contributed by atoms with Gasteiger partial charge in [0.05, 0.1) is 12.5 Å². The zero-order valence-corrected chi connectivity index (χ0v) is 12.0. The van der Waals surface area contributed by atoms with Crippen LogP contribution in [0.5, 0.6) is 0 Å². The van der Waals surface area contributed by atoms with E-state index in [1.54, 1.807) is 7.11 Å². The van der Waals surface area contributed by atoms with Gasteiger partial charge in [-0.05, 0) is 31.6 Å². The number of nitrogens with zero attached hydrogens (tertiary/aromatic N) is 1. The SMILES string of the molecule is COCCN(C(=O)C1CCCNC1)C1CCSC1. The highest BCUT2D eigenvalue weighted by Gasteiger charge is 2.31. The molecule has 0 bridgehead atoms. The van der Waals surface area contributed by atoms with Gasteiger partial charge in [0, 0.05) is 32.0 Å². The molecule has 2 rings (SSSR count). The first kappa shape index (κ1) is 14.2. The van der Waals surface area contributed by atoms with Gasteiger partial charge in [0.1, 0.15) is 0 Å². The molecule has 18 heavy (non-hydrogen) atoms. The summed E-state index contributed by atoms with van der Waals surface area (Å²) in [6.45, 7) is 3.30. The quantitative estimate of drug-likeness (QED) is 0.809. The molecule has 0 spiro atoms. The summed E-state index contributed by atoms with van der Waals surface area (Å²) >= 11 is 1.96. The van der Waals surface area contributed by atoms with Crippen LogP contribution in [0.4, 0.5) is 0 Å². The van der Waals surface area contributed by atoms with Crippen molar-refractivity contribution in [1.82, 2.24) is 10.2 Å². The molecule has 2 fully saturated rings. The van der Waals surface area contributed by atoms with Crippen LogP contribution in [-0.2, 0) is 9.53 Å². The van der Waals surface area contributed by atoms with E-state index in [0.29, 0.717) is 18.6 Å². The van der Waals surface area contributed by atoms with Gasteiger partial charge in [-0.2, -0.15) is 11.8 Å². The summed E-state index contributed by atoms with van der Waals surface area (Å²) in [4.78, 5) is 14.7. The molecule has 4 nitrogen and oxygen atoms in total. The molecule has 0 radical (unpaired) electrons. The minimum absolute atomic E-state index is 0.182. The largest absolute Gasteiger partial charge is 0.383 e. The third kappa shape index (κ3) is 3.62. The van der Waals surface area contributed by atoms with Crippen LogP contribution in [0.2, 0.25) is 0 Å². The number of carbonyl (C=O) groups excluding carboxylic acids is 1. The molecule has 2 atom stereocenters. The molecule has 0 aromatic rings. The van der Waals surface area contributed by atoms with E-state index in [-0.39, 0.29) is 5.92 Å². The van der Waals surface area contributed by atoms with Crippen LogP contribution in [0.25, 0.3) is 0 Å². The Morgan fingerprint density at radius 3 is 3.00 bits per heavy atom. The third-order valence-electron chi connectivity index (χ3n) is 3.81. The minimum atomic E-state index is 0.182. The van der Waals surface area contributed by atoms with Crippen LogP contribution in [0.15, 0.2) is 0 Å². The average Bonchev–Trinajstić information content (AvgIpc) is 2.94. The van der Waals surface area contributed by atoms with Crippen LogP contribution < -0.4 is 5.32 Å². The zero-order valence-electron chi connectivity index (χ0n) is 11.2. The maximum Gasteiger partial charge on any atom is 0.227 e. The average molecular weight is 272 g/mol. The Morgan fingerprint density at radius 2 is 2.39 bits per heavy atom. The fourth-order valence-electron chi connectivity index (χ4n) is 2.73. The second-order valence-electron chi connectivity index (χ2n) is 5.09. The molecule has 0 aromatic carbocycles. The Morgan fingerprint density at radius 1 is 1.50 bits per heavy atom. The van der Waals surface area contributed by atoms with E-state index in [2.05, 4.69) is 10.2 Å². The van der Waals surface area contributed by atoms with Gasteiger partial charge in [-0.25, -0.2) is 0 Å². The van der Waals surface area contributed by atoms with Crippen molar-refractivity contribution in [2.45, 2.75) is 25.3 Å². The molecule has 1 N–H and O–H groups in total. The fraction of sp³-hybridized carbons (Fsp3) is 0.923. The van der Waals surface area contributed by atoms with Crippen molar-refractivity contribution in [1.29, 1.82) is 0 Å². The second kappa shape index (κ2) is 7.36. The van der Waals surface area contributed by atoms with Crippen LogP contribution in [-0.4, -0.2) is 61.7 Å². The van der Waals surface area contributed by atoms with Gasteiger partial charge in [-0.15, -0.1) is 0 Å². The molecule has 5 heteroatoms. The number of ether oxygens (including phenoxy) is 1. The van der Waals surface area contributed by atoms with E-state index >= 15 is 0 Å². The molecule has 2 aliphatic heterocycles. The molecule has 0 aromatic heterocycles. The molecule has 2 aliphatic rings. The molecular weight excluding hydrogens is 248 g/mol. The lowest BCUT2D eigenvalue weighted by atomic mass is 9.97. The monoisotopic (exact) mass is 272 g/mol. The van der Waals surface area contributed by atoms with Crippen molar-refractivity contribution >= 4 is 17.7 Å². The molecule has 104 valence electrons. The predicted molar refractivity (Wildman–Crippen MR) is 74.9 cm³/mol. The van der Waals surface area contributed by atoms with Crippen molar-refractivity contribution in [2.24, 2.45) is 5.92 Å². The van der Waals surface area contributed by atoms with Crippen molar-refractivity contribution < 1.29 is 9.53 Å². The predicted octanol–water partition coefficient (Wildman–Crippen LogP) is 0.966. The number of hydrogen-bond acceptors (Lipinski definition) is 4. The van der Waals surface area contributed by atoms with Gasteiger partial charge in [-0.1, -0.05) is 0 Å². The normalized spacial score (nSPS) is 28.3. The highest BCUT2D eigenvalue weighted by molar-refractivity contribution is 7.99. The molecule has 2 saturated heterocycles. The van der Waals surface area contributed by atoms with E-state index in [1.165, 1.54) is 5.75 Å². The van der Waals surface area contributed by atoms with E-state index in [1.807, 2.05) is 11.8 Å². The van der Waals surface area contributed by atoms with E-state index in [0.717, 1.165) is 44.6 Å².